The molecular weight excluding hydrogens is 284 g/mol. The average Bonchev–Trinajstić information content (AvgIpc) is 2.72. The summed E-state index contributed by atoms with van der Waals surface area (Å²) in [6.07, 6.45) is 5.91. The summed E-state index contributed by atoms with van der Waals surface area (Å²) in [5, 5.41) is 0.697. The number of fused-ring (bicyclic) bond motifs is 1. The Bertz CT molecular complexity index is 695. The number of halogens is 1. The molecule has 2 unspecified atom stereocenters. The maximum atomic E-state index is 12.9. The standard InChI is InChI=1S/C17H21ClN2O/c1-12-7-3-2-4-10-15(12)20-16(11-18)19-14-9-6-5-8-13(14)17(20)21/h5-6,8-9,12,15H,2-4,7,10-11H2,1H3. The highest BCUT2D eigenvalue weighted by Gasteiger charge is 2.25. The van der Waals surface area contributed by atoms with Gasteiger partial charge in [-0.15, -0.1) is 11.6 Å². The van der Waals surface area contributed by atoms with Gasteiger partial charge in [0.05, 0.1) is 16.8 Å². The number of benzene rings is 1. The van der Waals surface area contributed by atoms with E-state index in [1.165, 1.54) is 25.7 Å². The molecule has 1 saturated carbocycles. The number of nitrogens with zero attached hydrogens (tertiary/aromatic N) is 2. The van der Waals surface area contributed by atoms with Crippen LogP contribution >= 0.6 is 11.6 Å². The molecule has 0 radical (unpaired) electrons. The third-order valence-electron chi connectivity index (χ3n) is 4.65. The normalized spacial score (nSPS) is 23.1. The van der Waals surface area contributed by atoms with Crippen LogP contribution in [0, 0.1) is 5.92 Å². The van der Waals surface area contributed by atoms with Crippen LogP contribution in [-0.4, -0.2) is 9.55 Å². The first-order chi connectivity index (χ1) is 10.2. The smallest absolute Gasteiger partial charge is 0.261 e. The SMILES string of the molecule is CC1CCCCCC1n1c(CCl)nc2ccccc2c1=O. The Morgan fingerprint density at radius 3 is 2.81 bits per heavy atom. The van der Waals surface area contributed by atoms with Gasteiger partial charge in [-0.25, -0.2) is 4.98 Å². The van der Waals surface area contributed by atoms with E-state index >= 15 is 0 Å². The molecule has 0 spiro atoms. The van der Waals surface area contributed by atoms with Gasteiger partial charge in [-0.3, -0.25) is 9.36 Å². The quantitative estimate of drug-likeness (QED) is 0.613. The van der Waals surface area contributed by atoms with Crippen molar-refractivity contribution in [2.45, 2.75) is 50.9 Å². The molecule has 3 rings (SSSR count). The van der Waals surface area contributed by atoms with E-state index in [9.17, 15) is 4.79 Å². The second-order valence-electron chi connectivity index (χ2n) is 6.04. The van der Waals surface area contributed by atoms with Crippen molar-refractivity contribution in [2.75, 3.05) is 0 Å². The van der Waals surface area contributed by atoms with Crippen LogP contribution in [0.5, 0.6) is 0 Å². The van der Waals surface area contributed by atoms with E-state index in [1.54, 1.807) is 0 Å². The van der Waals surface area contributed by atoms with Gasteiger partial charge in [0.25, 0.3) is 5.56 Å². The number of hydrogen-bond acceptors (Lipinski definition) is 2. The lowest BCUT2D eigenvalue weighted by molar-refractivity contribution is 0.319. The number of aromatic nitrogens is 2. The summed E-state index contributed by atoms with van der Waals surface area (Å²) in [4.78, 5) is 17.6. The van der Waals surface area contributed by atoms with Crippen molar-refractivity contribution in [3.63, 3.8) is 0 Å². The van der Waals surface area contributed by atoms with Crippen LogP contribution in [0.4, 0.5) is 0 Å². The minimum atomic E-state index is 0.0648. The first-order valence-corrected chi connectivity index (χ1v) is 8.32. The van der Waals surface area contributed by atoms with Crippen molar-refractivity contribution in [1.29, 1.82) is 0 Å². The van der Waals surface area contributed by atoms with E-state index in [2.05, 4.69) is 11.9 Å². The van der Waals surface area contributed by atoms with Gasteiger partial charge in [0.2, 0.25) is 0 Å². The van der Waals surface area contributed by atoms with Crippen LogP contribution in [0.3, 0.4) is 0 Å². The Balaban J connectivity index is 2.20. The maximum absolute atomic E-state index is 12.9. The lowest BCUT2D eigenvalue weighted by atomic mass is 9.96. The van der Waals surface area contributed by atoms with Crippen LogP contribution in [0.2, 0.25) is 0 Å². The first-order valence-electron chi connectivity index (χ1n) is 7.78. The Labute approximate surface area is 130 Å². The first kappa shape index (κ1) is 14.6. The summed E-state index contributed by atoms with van der Waals surface area (Å²) >= 11 is 6.09. The van der Waals surface area contributed by atoms with Crippen LogP contribution in [0.1, 0.15) is 50.9 Å². The third kappa shape index (κ3) is 2.71. The van der Waals surface area contributed by atoms with Gasteiger partial charge >= 0.3 is 0 Å². The maximum Gasteiger partial charge on any atom is 0.261 e. The minimum Gasteiger partial charge on any atom is -0.292 e. The zero-order chi connectivity index (χ0) is 14.8. The molecular formula is C17H21ClN2O. The molecule has 0 N–H and O–H groups in total. The summed E-state index contributed by atoms with van der Waals surface area (Å²) in [6, 6.07) is 7.78. The summed E-state index contributed by atoms with van der Waals surface area (Å²) in [5.74, 6) is 1.48. The Kier molecular flexibility index (Phi) is 4.29. The van der Waals surface area contributed by atoms with Crippen LogP contribution in [0.15, 0.2) is 29.1 Å². The van der Waals surface area contributed by atoms with E-state index in [-0.39, 0.29) is 17.5 Å². The minimum absolute atomic E-state index is 0.0648. The van der Waals surface area contributed by atoms with Crippen molar-refractivity contribution in [3.05, 3.63) is 40.4 Å². The number of para-hydroxylation sites is 1. The van der Waals surface area contributed by atoms with Gasteiger partial charge < -0.3 is 0 Å². The molecule has 112 valence electrons. The van der Waals surface area contributed by atoms with Gasteiger partial charge in [0, 0.05) is 6.04 Å². The molecule has 1 aromatic carbocycles. The summed E-state index contributed by atoms with van der Waals surface area (Å²) in [6.45, 7) is 2.25. The average molecular weight is 305 g/mol. The van der Waals surface area contributed by atoms with Crippen molar-refractivity contribution < 1.29 is 0 Å². The third-order valence-corrected chi connectivity index (χ3v) is 4.89. The molecule has 0 amide bonds. The monoisotopic (exact) mass is 304 g/mol. The Hall–Kier alpha value is -1.35. The van der Waals surface area contributed by atoms with E-state index in [0.29, 0.717) is 17.1 Å². The highest BCUT2D eigenvalue weighted by molar-refractivity contribution is 6.16. The molecule has 1 heterocycles. The molecule has 21 heavy (non-hydrogen) atoms. The molecule has 0 bridgehead atoms. The van der Waals surface area contributed by atoms with Crippen molar-refractivity contribution in [2.24, 2.45) is 5.92 Å². The Morgan fingerprint density at radius 2 is 2.00 bits per heavy atom. The van der Waals surface area contributed by atoms with Gasteiger partial charge in [-0.1, -0.05) is 38.3 Å². The topological polar surface area (TPSA) is 34.9 Å². The zero-order valence-electron chi connectivity index (χ0n) is 12.4. The summed E-state index contributed by atoms with van der Waals surface area (Å²) < 4.78 is 1.88. The summed E-state index contributed by atoms with van der Waals surface area (Å²) in [5.41, 5.74) is 0.811. The molecule has 1 aromatic heterocycles. The zero-order valence-corrected chi connectivity index (χ0v) is 13.1. The fourth-order valence-corrected chi connectivity index (χ4v) is 3.67. The number of rotatable bonds is 2. The van der Waals surface area contributed by atoms with E-state index in [0.717, 1.165) is 11.9 Å². The lowest BCUT2D eigenvalue weighted by Crippen LogP contribution is -2.31. The largest absolute Gasteiger partial charge is 0.292 e. The molecule has 0 aliphatic heterocycles. The molecule has 1 fully saturated rings. The van der Waals surface area contributed by atoms with Gasteiger partial charge in [-0.2, -0.15) is 0 Å². The Morgan fingerprint density at radius 1 is 1.24 bits per heavy atom. The molecule has 1 aliphatic carbocycles. The lowest BCUT2D eigenvalue weighted by Gasteiger charge is -2.26. The van der Waals surface area contributed by atoms with E-state index in [4.69, 9.17) is 11.6 Å². The second-order valence-corrected chi connectivity index (χ2v) is 6.30. The predicted octanol–water partition coefficient (Wildman–Crippen LogP) is 4.28. The van der Waals surface area contributed by atoms with Gasteiger partial charge in [0.1, 0.15) is 5.82 Å². The van der Waals surface area contributed by atoms with E-state index < -0.39 is 0 Å². The highest BCUT2D eigenvalue weighted by atomic mass is 35.5. The molecule has 3 nitrogen and oxygen atoms in total. The van der Waals surface area contributed by atoms with Crippen molar-refractivity contribution in [3.8, 4) is 0 Å². The molecule has 1 aliphatic rings. The molecule has 4 heteroatoms. The summed E-state index contributed by atoms with van der Waals surface area (Å²) in [7, 11) is 0. The second kappa shape index (κ2) is 6.18. The molecule has 0 saturated heterocycles. The predicted molar refractivity (Wildman–Crippen MR) is 86.8 cm³/mol. The fraction of sp³-hybridized carbons (Fsp3) is 0.529. The van der Waals surface area contributed by atoms with Crippen molar-refractivity contribution >= 4 is 22.5 Å². The van der Waals surface area contributed by atoms with Gasteiger partial charge in [0.15, 0.2) is 0 Å². The molecule has 2 atom stereocenters. The highest BCUT2D eigenvalue weighted by Crippen LogP contribution is 2.32. The van der Waals surface area contributed by atoms with Crippen LogP contribution in [-0.2, 0) is 5.88 Å². The number of alkyl halides is 1. The fourth-order valence-electron chi connectivity index (χ4n) is 3.49. The van der Waals surface area contributed by atoms with Crippen LogP contribution < -0.4 is 5.56 Å². The van der Waals surface area contributed by atoms with Gasteiger partial charge in [-0.05, 0) is 30.9 Å². The van der Waals surface area contributed by atoms with E-state index in [1.807, 2.05) is 28.8 Å². The van der Waals surface area contributed by atoms with Crippen LogP contribution in [0.25, 0.3) is 10.9 Å². The molecule has 2 aromatic rings. The number of hydrogen-bond donors (Lipinski definition) is 0. The van der Waals surface area contributed by atoms with Crippen molar-refractivity contribution in [1.82, 2.24) is 9.55 Å².